The maximum atomic E-state index is 16.8. The Labute approximate surface area is 257 Å². The highest BCUT2D eigenvalue weighted by Gasteiger charge is 2.43. The maximum absolute atomic E-state index is 16.8. The Kier molecular flexibility index (Phi) is 7.26. The van der Waals surface area contributed by atoms with Crippen LogP contribution in [0.15, 0.2) is 18.2 Å². The molecule has 0 spiro atoms. The van der Waals surface area contributed by atoms with Crippen molar-refractivity contribution in [1.29, 1.82) is 0 Å². The topological polar surface area (TPSA) is 102 Å². The molecule has 4 atom stereocenters. The van der Waals surface area contributed by atoms with Crippen LogP contribution in [0.5, 0.6) is 6.01 Å². The zero-order valence-corrected chi connectivity index (χ0v) is 25.0. The average molecular weight is 654 g/mol. The summed E-state index contributed by atoms with van der Waals surface area (Å²) < 4.78 is 102. The number of rotatable bonds is 5. The molecule has 3 aliphatic heterocycles. The zero-order valence-electron chi connectivity index (χ0n) is 24.2. The number of benzene rings is 2. The van der Waals surface area contributed by atoms with Crippen molar-refractivity contribution < 1.29 is 35.8 Å². The minimum atomic E-state index is -5.02. The molecule has 4 aromatic rings. The van der Waals surface area contributed by atoms with Crippen LogP contribution in [-0.2, 0) is 10.9 Å². The van der Waals surface area contributed by atoms with Crippen molar-refractivity contribution in [3.05, 3.63) is 35.4 Å². The van der Waals surface area contributed by atoms with Crippen molar-refractivity contribution in [3.63, 3.8) is 0 Å². The van der Waals surface area contributed by atoms with Gasteiger partial charge in [0.05, 0.1) is 46.6 Å². The summed E-state index contributed by atoms with van der Waals surface area (Å²) in [5.74, 6) is -1.97. The summed E-state index contributed by atoms with van der Waals surface area (Å²) in [7, 11) is 1.76. The minimum absolute atomic E-state index is 0.0435. The lowest BCUT2D eigenvalue weighted by Gasteiger charge is -2.47. The van der Waals surface area contributed by atoms with E-state index >= 15 is 4.39 Å². The number of hydrogen-bond donors (Lipinski definition) is 2. The number of hydrogen-bond acceptors (Lipinski definition) is 10. The van der Waals surface area contributed by atoms with E-state index in [2.05, 4.69) is 20.3 Å². The molecule has 5 heterocycles. The molecule has 2 aromatic heterocycles. The van der Waals surface area contributed by atoms with Crippen molar-refractivity contribution in [1.82, 2.24) is 25.2 Å². The molecule has 0 saturated carbocycles. The SMILES string of the molecule is CN1C[C@H](F)C[C@]1(C)COc1nc(N2C3CNCC2COC3)c2cc(C(F)(F)F)c(-c3ccc(F)c4sc(N)nc34)c(F)c2n1. The van der Waals surface area contributed by atoms with Gasteiger partial charge in [0.25, 0.3) is 0 Å². The summed E-state index contributed by atoms with van der Waals surface area (Å²) in [5.41, 5.74) is 2.04. The van der Waals surface area contributed by atoms with Crippen molar-refractivity contribution in [2.75, 3.05) is 57.1 Å². The third-order valence-corrected chi connectivity index (χ3v) is 9.85. The molecule has 9 nitrogen and oxygen atoms in total. The Morgan fingerprint density at radius 1 is 1.13 bits per heavy atom. The molecule has 2 bridgehead atoms. The lowest BCUT2D eigenvalue weighted by molar-refractivity contribution is -0.137. The van der Waals surface area contributed by atoms with Gasteiger partial charge in [-0.3, -0.25) is 4.90 Å². The molecule has 0 aliphatic carbocycles. The molecule has 240 valence electrons. The van der Waals surface area contributed by atoms with E-state index in [9.17, 15) is 22.0 Å². The number of aromatic nitrogens is 3. The van der Waals surface area contributed by atoms with E-state index in [0.717, 1.165) is 29.5 Å². The number of alkyl halides is 4. The Balaban J connectivity index is 1.46. The summed E-state index contributed by atoms with van der Waals surface area (Å²) in [6.07, 6.45) is -5.90. The first-order chi connectivity index (χ1) is 21.3. The summed E-state index contributed by atoms with van der Waals surface area (Å²) >= 11 is 0.749. The van der Waals surface area contributed by atoms with Gasteiger partial charge in [-0.25, -0.2) is 18.2 Å². The number of likely N-dealkylation sites (N-methyl/N-ethyl adjacent to an activating group) is 1. The molecule has 16 heteroatoms. The number of nitrogens with two attached hydrogens (primary N) is 1. The fourth-order valence-corrected chi connectivity index (χ4v) is 7.38. The minimum Gasteiger partial charge on any atom is -0.461 e. The molecule has 7 rings (SSSR count). The number of halogens is 6. The quantitative estimate of drug-likeness (QED) is 0.295. The van der Waals surface area contributed by atoms with Gasteiger partial charge in [-0.15, -0.1) is 0 Å². The van der Waals surface area contributed by atoms with E-state index in [0.29, 0.717) is 13.1 Å². The fourth-order valence-electron chi connectivity index (χ4n) is 6.61. The van der Waals surface area contributed by atoms with E-state index in [-0.39, 0.29) is 83.0 Å². The smallest absolute Gasteiger partial charge is 0.417 e. The first-order valence-corrected chi connectivity index (χ1v) is 15.2. The normalized spacial score (nSPS) is 25.9. The second-order valence-electron chi connectivity index (χ2n) is 12.0. The highest BCUT2D eigenvalue weighted by molar-refractivity contribution is 7.22. The number of fused-ring (bicyclic) bond motifs is 4. The Morgan fingerprint density at radius 3 is 2.53 bits per heavy atom. The molecular formula is C29H29F6N7O2S. The molecule has 3 aliphatic rings. The van der Waals surface area contributed by atoms with Crippen LogP contribution in [0.2, 0.25) is 0 Å². The van der Waals surface area contributed by atoms with Crippen LogP contribution >= 0.6 is 11.3 Å². The number of thiazole rings is 1. The van der Waals surface area contributed by atoms with E-state index in [1.165, 1.54) is 0 Å². The van der Waals surface area contributed by atoms with Gasteiger partial charge in [-0.1, -0.05) is 11.3 Å². The largest absolute Gasteiger partial charge is 0.461 e. The second-order valence-corrected chi connectivity index (χ2v) is 13.1. The van der Waals surface area contributed by atoms with Crippen LogP contribution in [0.3, 0.4) is 0 Å². The predicted molar refractivity (Wildman–Crippen MR) is 157 cm³/mol. The number of piperazine rings is 1. The molecular weight excluding hydrogens is 624 g/mol. The molecule has 3 fully saturated rings. The summed E-state index contributed by atoms with van der Waals surface area (Å²) in [5, 5.41) is 3.04. The molecule has 45 heavy (non-hydrogen) atoms. The Hall–Kier alpha value is -3.47. The van der Waals surface area contributed by atoms with Gasteiger partial charge in [-0.2, -0.15) is 23.1 Å². The fraction of sp³-hybridized carbons (Fsp3) is 0.483. The van der Waals surface area contributed by atoms with Crippen LogP contribution in [0.25, 0.3) is 32.2 Å². The second kappa shape index (κ2) is 10.8. The first kappa shape index (κ1) is 30.2. The number of anilines is 2. The lowest BCUT2D eigenvalue weighted by Crippen LogP contribution is -2.64. The van der Waals surface area contributed by atoms with Gasteiger partial charge >= 0.3 is 12.2 Å². The van der Waals surface area contributed by atoms with Crippen molar-refractivity contribution in [2.24, 2.45) is 0 Å². The molecule has 0 radical (unpaired) electrons. The summed E-state index contributed by atoms with van der Waals surface area (Å²) in [4.78, 5) is 16.5. The molecule has 2 aromatic carbocycles. The van der Waals surface area contributed by atoms with E-state index < -0.39 is 46.2 Å². The standard InChI is InChI=1S/C29H29F6N7O2S/c1-28(6-13(30)9-41(28)2)12-44-27-39-22-17(25(40-27)42-14-7-37-8-15(42)11-43-10-14)5-18(29(33,34)35)20(21(22)32)16-3-4-19(31)24-23(16)38-26(36)45-24/h3-5,13-15,37H,6-12H2,1-2H3,(H2,36,38)/t13-,14?,15?,28-/m1/s1. The van der Waals surface area contributed by atoms with Gasteiger partial charge < -0.3 is 25.4 Å². The molecule has 3 N–H and O–H groups in total. The number of morpholine rings is 1. The van der Waals surface area contributed by atoms with Crippen molar-refractivity contribution in [3.8, 4) is 17.1 Å². The van der Waals surface area contributed by atoms with Gasteiger partial charge in [0.1, 0.15) is 29.9 Å². The third-order valence-electron chi connectivity index (χ3n) is 8.96. The van der Waals surface area contributed by atoms with Crippen LogP contribution in [-0.4, -0.2) is 90.1 Å². The number of likely N-dealkylation sites (tertiary alicyclic amines) is 1. The van der Waals surface area contributed by atoms with Crippen LogP contribution in [0, 0.1) is 11.6 Å². The molecule has 3 saturated heterocycles. The highest BCUT2D eigenvalue weighted by atomic mass is 32.1. The predicted octanol–water partition coefficient (Wildman–Crippen LogP) is 4.77. The van der Waals surface area contributed by atoms with E-state index in [1.54, 1.807) is 7.05 Å². The third kappa shape index (κ3) is 5.11. The molecule has 2 unspecified atom stereocenters. The van der Waals surface area contributed by atoms with Crippen molar-refractivity contribution in [2.45, 2.75) is 43.3 Å². The van der Waals surface area contributed by atoms with Crippen LogP contribution < -0.4 is 20.7 Å². The van der Waals surface area contributed by atoms with E-state index in [1.807, 2.05) is 16.7 Å². The highest BCUT2D eigenvalue weighted by Crippen LogP contribution is 2.46. The number of nitrogen functional groups attached to an aromatic ring is 1. The number of nitrogens with zero attached hydrogens (tertiary/aromatic N) is 5. The van der Waals surface area contributed by atoms with Crippen LogP contribution in [0.4, 0.5) is 37.3 Å². The van der Waals surface area contributed by atoms with Gasteiger partial charge in [0.2, 0.25) is 0 Å². The van der Waals surface area contributed by atoms with E-state index in [4.69, 9.17) is 15.2 Å². The molecule has 0 amide bonds. The Morgan fingerprint density at radius 2 is 1.87 bits per heavy atom. The van der Waals surface area contributed by atoms with Crippen LogP contribution in [0.1, 0.15) is 18.9 Å². The lowest BCUT2D eigenvalue weighted by atomic mass is 9.94. The Bertz CT molecular complexity index is 1780. The van der Waals surface area contributed by atoms with Gasteiger partial charge in [-0.05, 0) is 32.2 Å². The number of ether oxygens (including phenoxy) is 2. The maximum Gasteiger partial charge on any atom is 0.417 e. The first-order valence-electron chi connectivity index (χ1n) is 14.4. The zero-order chi connectivity index (χ0) is 31.8. The van der Waals surface area contributed by atoms with Gasteiger partial charge in [0.15, 0.2) is 10.9 Å². The summed E-state index contributed by atoms with van der Waals surface area (Å²) in [6.45, 7) is 3.46. The average Bonchev–Trinajstić information content (AvgIpc) is 3.49. The number of nitrogens with one attached hydrogen (secondary N) is 1. The van der Waals surface area contributed by atoms with Gasteiger partial charge in [0, 0.05) is 42.6 Å². The van der Waals surface area contributed by atoms with Crippen molar-refractivity contribution >= 4 is 43.4 Å². The monoisotopic (exact) mass is 653 g/mol. The summed E-state index contributed by atoms with van der Waals surface area (Å²) in [6, 6.07) is 1.97.